The fourth-order valence-corrected chi connectivity index (χ4v) is 1.35. The standard InChI is InChI=1S/C10H11N2/c1-3-8-4-5-10-9(6-8)7-11-12(10)2/h5-7H,3H2,1-2H3. The maximum atomic E-state index is 4.17. The number of fused-ring (bicyclic) bond motifs is 1. The second kappa shape index (κ2) is 2.63. The van der Waals surface area contributed by atoms with Crippen molar-refractivity contribution in [2.75, 3.05) is 0 Å². The van der Waals surface area contributed by atoms with E-state index in [1.54, 1.807) is 0 Å². The molecule has 0 aliphatic rings. The van der Waals surface area contributed by atoms with E-state index in [9.17, 15) is 0 Å². The zero-order valence-corrected chi connectivity index (χ0v) is 7.33. The van der Waals surface area contributed by atoms with Crippen molar-refractivity contribution in [1.29, 1.82) is 0 Å². The third-order valence-corrected chi connectivity index (χ3v) is 2.12. The third kappa shape index (κ3) is 0.998. The average molecular weight is 159 g/mol. The normalized spacial score (nSPS) is 10.8. The van der Waals surface area contributed by atoms with Crippen molar-refractivity contribution in [3.8, 4) is 0 Å². The highest BCUT2D eigenvalue weighted by atomic mass is 15.2. The van der Waals surface area contributed by atoms with E-state index in [1.807, 2.05) is 24.0 Å². The van der Waals surface area contributed by atoms with E-state index in [4.69, 9.17) is 0 Å². The predicted octanol–water partition coefficient (Wildman–Crippen LogP) is 1.94. The van der Waals surface area contributed by atoms with Gasteiger partial charge in [0, 0.05) is 12.4 Å². The van der Waals surface area contributed by atoms with Crippen LogP contribution in [0.15, 0.2) is 18.3 Å². The Labute approximate surface area is 71.8 Å². The van der Waals surface area contributed by atoms with Crippen LogP contribution in [0, 0.1) is 6.07 Å². The van der Waals surface area contributed by atoms with Crippen LogP contribution in [0.4, 0.5) is 0 Å². The maximum absolute atomic E-state index is 4.17. The van der Waals surface area contributed by atoms with Crippen LogP contribution < -0.4 is 0 Å². The van der Waals surface area contributed by atoms with Gasteiger partial charge in [0.1, 0.15) is 0 Å². The van der Waals surface area contributed by atoms with Gasteiger partial charge in [-0.3, -0.25) is 4.68 Å². The summed E-state index contributed by atoms with van der Waals surface area (Å²) in [4.78, 5) is 0. The summed E-state index contributed by atoms with van der Waals surface area (Å²) in [7, 11) is 1.95. The van der Waals surface area contributed by atoms with Crippen molar-refractivity contribution in [3.63, 3.8) is 0 Å². The molecular formula is C10H11N2. The Hall–Kier alpha value is -1.31. The second-order valence-corrected chi connectivity index (χ2v) is 2.92. The largest absolute Gasteiger partial charge is 0.268 e. The molecule has 0 saturated carbocycles. The van der Waals surface area contributed by atoms with Gasteiger partial charge in [-0.05, 0) is 30.2 Å². The summed E-state index contributed by atoms with van der Waals surface area (Å²) in [5.41, 5.74) is 2.39. The highest BCUT2D eigenvalue weighted by Gasteiger charge is 1.98. The number of hydrogen-bond donors (Lipinski definition) is 0. The summed E-state index contributed by atoms with van der Waals surface area (Å²) < 4.78 is 1.87. The molecule has 1 aromatic heterocycles. The number of nitrogens with zero attached hydrogens (tertiary/aromatic N) is 2. The van der Waals surface area contributed by atoms with Gasteiger partial charge in [0.2, 0.25) is 0 Å². The minimum atomic E-state index is 1.03. The smallest absolute Gasteiger partial charge is 0.0685 e. The molecule has 0 unspecified atom stereocenters. The quantitative estimate of drug-likeness (QED) is 0.621. The molecule has 2 rings (SSSR count). The van der Waals surface area contributed by atoms with Gasteiger partial charge in [-0.2, -0.15) is 5.10 Å². The zero-order valence-electron chi connectivity index (χ0n) is 7.33. The lowest BCUT2D eigenvalue weighted by Gasteiger charge is -1.96. The van der Waals surface area contributed by atoms with Crippen LogP contribution in [0.2, 0.25) is 0 Å². The van der Waals surface area contributed by atoms with E-state index in [0.717, 1.165) is 11.9 Å². The first-order chi connectivity index (χ1) is 5.81. The minimum absolute atomic E-state index is 1.03. The highest BCUT2D eigenvalue weighted by Crippen LogP contribution is 2.14. The molecular weight excluding hydrogens is 148 g/mol. The van der Waals surface area contributed by atoms with E-state index in [2.05, 4.69) is 24.2 Å². The fraction of sp³-hybridized carbons (Fsp3) is 0.300. The van der Waals surface area contributed by atoms with Gasteiger partial charge >= 0.3 is 0 Å². The number of aryl methyl sites for hydroxylation is 2. The topological polar surface area (TPSA) is 17.8 Å². The van der Waals surface area contributed by atoms with Crippen molar-refractivity contribution < 1.29 is 0 Å². The first-order valence-corrected chi connectivity index (χ1v) is 4.13. The molecule has 2 aromatic rings. The molecule has 1 radical (unpaired) electrons. The summed E-state index contributed by atoms with van der Waals surface area (Å²) in [5.74, 6) is 0. The van der Waals surface area contributed by atoms with Crippen LogP contribution in [0.1, 0.15) is 12.5 Å². The monoisotopic (exact) mass is 159 g/mol. The first kappa shape index (κ1) is 7.35. The van der Waals surface area contributed by atoms with Crippen molar-refractivity contribution in [2.24, 2.45) is 7.05 Å². The molecule has 0 amide bonds. The lowest BCUT2D eigenvalue weighted by molar-refractivity contribution is 0.797. The van der Waals surface area contributed by atoms with E-state index < -0.39 is 0 Å². The predicted molar refractivity (Wildman–Crippen MR) is 48.9 cm³/mol. The number of rotatable bonds is 1. The van der Waals surface area contributed by atoms with Crippen molar-refractivity contribution in [2.45, 2.75) is 13.3 Å². The molecule has 0 N–H and O–H groups in total. The fourth-order valence-electron chi connectivity index (χ4n) is 1.35. The molecule has 0 atom stereocenters. The number of hydrogen-bond acceptors (Lipinski definition) is 1. The second-order valence-electron chi connectivity index (χ2n) is 2.92. The third-order valence-electron chi connectivity index (χ3n) is 2.12. The van der Waals surface area contributed by atoms with Crippen molar-refractivity contribution in [1.82, 2.24) is 9.78 Å². The average Bonchev–Trinajstić information content (AvgIpc) is 2.47. The van der Waals surface area contributed by atoms with Crippen LogP contribution in [0.5, 0.6) is 0 Å². The Kier molecular flexibility index (Phi) is 1.61. The Balaban J connectivity index is 2.69. The molecule has 1 heterocycles. The van der Waals surface area contributed by atoms with E-state index >= 15 is 0 Å². The molecule has 0 fully saturated rings. The van der Waals surface area contributed by atoms with Gasteiger partial charge in [-0.1, -0.05) is 6.92 Å². The molecule has 61 valence electrons. The van der Waals surface area contributed by atoms with E-state index in [0.29, 0.717) is 0 Å². The zero-order chi connectivity index (χ0) is 8.55. The van der Waals surface area contributed by atoms with Crippen LogP contribution in [-0.4, -0.2) is 9.78 Å². The highest BCUT2D eigenvalue weighted by molar-refractivity contribution is 5.78. The Morgan fingerprint density at radius 1 is 1.58 bits per heavy atom. The lowest BCUT2D eigenvalue weighted by atomic mass is 10.1. The Morgan fingerprint density at radius 2 is 2.42 bits per heavy atom. The number of aromatic nitrogens is 2. The minimum Gasteiger partial charge on any atom is -0.268 e. The van der Waals surface area contributed by atoms with Gasteiger partial charge < -0.3 is 0 Å². The molecule has 0 aliphatic carbocycles. The molecule has 2 nitrogen and oxygen atoms in total. The van der Waals surface area contributed by atoms with Crippen molar-refractivity contribution >= 4 is 10.9 Å². The summed E-state index contributed by atoms with van der Waals surface area (Å²) >= 11 is 0. The van der Waals surface area contributed by atoms with Gasteiger partial charge in [-0.15, -0.1) is 0 Å². The summed E-state index contributed by atoms with van der Waals surface area (Å²) in [6, 6.07) is 7.37. The molecule has 0 saturated heterocycles. The van der Waals surface area contributed by atoms with Crippen LogP contribution in [0.25, 0.3) is 10.9 Å². The van der Waals surface area contributed by atoms with Crippen LogP contribution in [-0.2, 0) is 13.5 Å². The molecule has 12 heavy (non-hydrogen) atoms. The SMILES string of the molecule is CCc1[c]cc2c(cnn2C)c1. The van der Waals surface area contributed by atoms with Crippen molar-refractivity contribution in [3.05, 3.63) is 30.0 Å². The van der Waals surface area contributed by atoms with E-state index in [1.165, 1.54) is 10.9 Å². The first-order valence-electron chi connectivity index (χ1n) is 4.13. The maximum Gasteiger partial charge on any atom is 0.0685 e. The molecule has 0 bridgehead atoms. The molecule has 1 aromatic carbocycles. The molecule has 2 heteroatoms. The van der Waals surface area contributed by atoms with Gasteiger partial charge in [-0.25, -0.2) is 0 Å². The molecule has 0 spiro atoms. The van der Waals surface area contributed by atoms with E-state index in [-0.39, 0.29) is 0 Å². The van der Waals surface area contributed by atoms with Gasteiger partial charge in [0.15, 0.2) is 0 Å². The van der Waals surface area contributed by atoms with Gasteiger partial charge in [0.05, 0.1) is 11.7 Å². The van der Waals surface area contributed by atoms with Crippen LogP contribution in [0.3, 0.4) is 0 Å². The molecule has 0 aliphatic heterocycles. The Bertz CT molecular complexity index is 401. The number of benzene rings is 1. The summed E-state index contributed by atoms with van der Waals surface area (Å²) in [5, 5.41) is 5.37. The van der Waals surface area contributed by atoms with Gasteiger partial charge in [0.25, 0.3) is 0 Å². The summed E-state index contributed by atoms with van der Waals surface area (Å²) in [6.45, 7) is 2.13. The Morgan fingerprint density at radius 3 is 3.17 bits per heavy atom. The van der Waals surface area contributed by atoms with Crippen LogP contribution >= 0.6 is 0 Å². The lowest BCUT2D eigenvalue weighted by Crippen LogP contribution is -1.88. The summed E-state index contributed by atoms with van der Waals surface area (Å²) in [6.07, 6.45) is 2.92.